The summed E-state index contributed by atoms with van der Waals surface area (Å²) in [5.74, 6) is 3.17. The Kier molecular flexibility index (Phi) is 7.67. The molecule has 0 spiro atoms. The van der Waals surface area contributed by atoms with E-state index < -0.39 is 0 Å². The van der Waals surface area contributed by atoms with Gasteiger partial charge < -0.3 is 19.5 Å². The summed E-state index contributed by atoms with van der Waals surface area (Å²) in [7, 11) is 1.63. The number of aromatic nitrogens is 3. The van der Waals surface area contributed by atoms with E-state index in [0.717, 1.165) is 37.9 Å². The number of ether oxygens (including phenoxy) is 3. The third kappa shape index (κ3) is 5.82. The highest BCUT2D eigenvalue weighted by atomic mass is 16.5. The Hall–Kier alpha value is -2.83. The number of methoxy groups -OCH3 is 1. The van der Waals surface area contributed by atoms with Crippen molar-refractivity contribution in [2.75, 3.05) is 19.0 Å². The van der Waals surface area contributed by atoms with Gasteiger partial charge in [0.05, 0.1) is 31.3 Å². The van der Waals surface area contributed by atoms with Gasteiger partial charge in [0, 0.05) is 12.6 Å². The highest BCUT2D eigenvalue weighted by Crippen LogP contribution is 2.32. The molecule has 0 atom stereocenters. The lowest BCUT2D eigenvalue weighted by Gasteiger charge is -2.17. The maximum absolute atomic E-state index is 6.14. The van der Waals surface area contributed by atoms with E-state index in [-0.39, 0.29) is 12.7 Å². The molecule has 0 aliphatic heterocycles. The van der Waals surface area contributed by atoms with Crippen molar-refractivity contribution in [1.82, 2.24) is 15.0 Å². The van der Waals surface area contributed by atoms with Crippen molar-refractivity contribution in [3.63, 3.8) is 0 Å². The van der Waals surface area contributed by atoms with E-state index >= 15 is 0 Å². The zero-order valence-electron chi connectivity index (χ0n) is 17.3. The van der Waals surface area contributed by atoms with Crippen molar-refractivity contribution in [2.24, 2.45) is 0 Å². The normalized spacial score (nSPS) is 13.9. The number of rotatable bonds is 11. The number of hydrogen-bond donors (Lipinski definition) is 1. The molecule has 2 heterocycles. The van der Waals surface area contributed by atoms with E-state index in [4.69, 9.17) is 14.2 Å². The first-order valence-corrected chi connectivity index (χ1v) is 10.3. The summed E-state index contributed by atoms with van der Waals surface area (Å²) in [6.45, 7) is 6.98. The Morgan fingerprint density at radius 2 is 1.97 bits per heavy atom. The predicted molar refractivity (Wildman–Crippen MR) is 114 cm³/mol. The lowest BCUT2D eigenvalue weighted by Crippen LogP contribution is -2.12. The maximum atomic E-state index is 6.14. The second-order valence-electron chi connectivity index (χ2n) is 7.07. The minimum Gasteiger partial charge on any atom is -0.491 e. The molecule has 3 rings (SSSR count). The van der Waals surface area contributed by atoms with Crippen LogP contribution in [0.5, 0.6) is 17.2 Å². The van der Waals surface area contributed by atoms with Gasteiger partial charge in [-0.25, -0.2) is 9.97 Å². The molecular formula is C22H30N4O3. The molecule has 1 saturated carbocycles. The Balaban J connectivity index is 1.70. The second kappa shape index (κ2) is 10.6. The number of nitrogens with one attached hydrogen (secondary N) is 1. The zero-order chi connectivity index (χ0) is 20.5. The molecule has 156 valence electrons. The van der Waals surface area contributed by atoms with Crippen LogP contribution in [0.1, 0.15) is 57.0 Å². The van der Waals surface area contributed by atoms with Crippen LogP contribution >= 0.6 is 0 Å². The van der Waals surface area contributed by atoms with Crippen molar-refractivity contribution in [2.45, 2.75) is 58.2 Å². The smallest absolute Gasteiger partial charge is 0.180 e. The van der Waals surface area contributed by atoms with Crippen LogP contribution in [0, 0.1) is 0 Å². The molecule has 0 radical (unpaired) electrons. The molecule has 1 N–H and O–H groups in total. The SMILES string of the molecule is C=Cc1ncc(OCc2cc(OC3CCCC3)c(OC)cn2)c(NCCCC)n1. The highest BCUT2D eigenvalue weighted by molar-refractivity contribution is 5.52. The summed E-state index contributed by atoms with van der Waals surface area (Å²) < 4.78 is 17.5. The average Bonchev–Trinajstić information content (AvgIpc) is 3.26. The van der Waals surface area contributed by atoms with E-state index in [1.54, 1.807) is 25.6 Å². The summed E-state index contributed by atoms with van der Waals surface area (Å²) in [6, 6.07) is 1.89. The van der Waals surface area contributed by atoms with E-state index in [2.05, 4.69) is 33.8 Å². The number of hydrogen-bond acceptors (Lipinski definition) is 7. The summed E-state index contributed by atoms with van der Waals surface area (Å²) in [5, 5.41) is 3.31. The lowest BCUT2D eigenvalue weighted by molar-refractivity contribution is 0.199. The van der Waals surface area contributed by atoms with Gasteiger partial charge in [0.25, 0.3) is 0 Å². The molecule has 29 heavy (non-hydrogen) atoms. The van der Waals surface area contributed by atoms with Gasteiger partial charge in [-0.05, 0) is 38.2 Å². The van der Waals surface area contributed by atoms with Crippen molar-refractivity contribution in [3.05, 3.63) is 36.6 Å². The van der Waals surface area contributed by atoms with Crippen LogP contribution in [-0.4, -0.2) is 34.7 Å². The molecule has 1 aliphatic carbocycles. The van der Waals surface area contributed by atoms with Crippen molar-refractivity contribution in [1.29, 1.82) is 0 Å². The van der Waals surface area contributed by atoms with Crippen LogP contribution < -0.4 is 19.5 Å². The summed E-state index contributed by atoms with van der Waals surface area (Å²) >= 11 is 0. The molecule has 2 aromatic heterocycles. The van der Waals surface area contributed by atoms with Gasteiger partial charge in [0.1, 0.15) is 6.61 Å². The first-order chi connectivity index (χ1) is 14.2. The van der Waals surface area contributed by atoms with Crippen LogP contribution in [0.2, 0.25) is 0 Å². The van der Waals surface area contributed by atoms with Crippen LogP contribution in [0.25, 0.3) is 6.08 Å². The molecule has 0 saturated heterocycles. The molecule has 1 aliphatic rings. The van der Waals surface area contributed by atoms with Gasteiger partial charge in [-0.2, -0.15) is 0 Å². The van der Waals surface area contributed by atoms with Crippen molar-refractivity contribution in [3.8, 4) is 17.2 Å². The van der Waals surface area contributed by atoms with Gasteiger partial charge in [-0.3, -0.25) is 4.98 Å². The van der Waals surface area contributed by atoms with E-state index in [1.807, 2.05) is 6.07 Å². The fourth-order valence-electron chi connectivity index (χ4n) is 3.23. The van der Waals surface area contributed by atoms with Gasteiger partial charge in [-0.1, -0.05) is 19.9 Å². The molecule has 0 unspecified atom stereocenters. The van der Waals surface area contributed by atoms with E-state index in [1.165, 1.54) is 12.8 Å². The Morgan fingerprint density at radius 3 is 2.69 bits per heavy atom. The van der Waals surface area contributed by atoms with Crippen molar-refractivity contribution < 1.29 is 14.2 Å². The Bertz CT molecular complexity index is 807. The Morgan fingerprint density at radius 1 is 1.17 bits per heavy atom. The molecule has 0 amide bonds. The molecule has 7 heteroatoms. The number of nitrogens with zero attached hydrogens (tertiary/aromatic N) is 3. The second-order valence-corrected chi connectivity index (χ2v) is 7.07. The Labute approximate surface area is 172 Å². The summed E-state index contributed by atoms with van der Waals surface area (Å²) in [6.07, 6.45) is 11.9. The molecule has 0 aromatic carbocycles. The summed E-state index contributed by atoms with van der Waals surface area (Å²) in [5.41, 5.74) is 0.756. The maximum Gasteiger partial charge on any atom is 0.180 e. The topological polar surface area (TPSA) is 78.4 Å². The fourth-order valence-corrected chi connectivity index (χ4v) is 3.23. The predicted octanol–water partition coefficient (Wildman–Crippen LogP) is 4.64. The molecule has 0 bridgehead atoms. The van der Waals surface area contributed by atoms with Gasteiger partial charge in [0.15, 0.2) is 28.9 Å². The number of unbranched alkanes of at least 4 members (excludes halogenated alkanes) is 1. The zero-order valence-corrected chi connectivity index (χ0v) is 17.3. The van der Waals surface area contributed by atoms with Crippen LogP contribution in [-0.2, 0) is 6.61 Å². The largest absolute Gasteiger partial charge is 0.491 e. The number of pyridine rings is 1. The lowest BCUT2D eigenvalue weighted by atomic mass is 10.3. The van der Waals surface area contributed by atoms with Crippen molar-refractivity contribution >= 4 is 11.9 Å². The minimum atomic E-state index is 0.245. The van der Waals surface area contributed by atoms with E-state index in [0.29, 0.717) is 28.9 Å². The average molecular weight is 399 g/mol. The third-order valence-corrected chi connectivity index (χ3v) is 4.86. The van der Waals surface area contributed by atoms with Gasteiger partial charge >= 0.3 is 0 Å². The molecular weight excluding hydrogens is 368 g/mol. The van der Waals surface area contributed by atoms with Crippen LogP contribution in [0.3, 0.4) is 0 Å². The third-order valence-electron chi connectivity index (χ3n) is 4.86. The quantitative estimate of drug-likeness (QED) is 0.553. The monoisotopic (exact) mass is 398 g/mol. The number of anilines is 1. The standard InChI is InChI=1S/C22H30N4O3/c1-4-6-11-23-22-20(14-25-21(5-2)26-22)28-15-16-12-18(19(27-3)13-24-16)29-17-9-7-8-10-17/h5,12-14,17H,2,4,6-11,15H2,1,3H3,(H,23,25,26). The summed E-state index contributed by atoms with van der Waals surface area (Å²) in [4.78, 5) is 13.1. The van der Waals surface area contributed by atoms with Gasteiger partial charge in [0.2, 0.25) is 0 Å². The first-order valence-electron chi connectivity index (χ1n) is 10.3. The van der Waals surface area contributed by atoms with Crippen LogP contribution in [0.15, 0.2) is 25.0 Å². The van der Waals surface area contributed by atoms with E-state index in [9.17, 15) is 0 Å². The molecule has 2 aromatic rings. The van der Waals surface area contributed by atoms with Crippen LogP contribution in [0.4, 0.5) is 5.82 Å². The minimum absolute atomic E-state index is 0.245. The molecule has 1 fully saturated rings. The van der Waals surface area contributed by atoms with Gasteiger partial charge in [-0.15, -0.1) is 0 Å². The highest BCUT2D eigenvalue weighted by Gasteiger charge is 2.19. The molecule has 7 nitrogen and oxygen atoms in total. The fraction of sp³-hybridized carbons (Fsp3) is 0.500. The first kappa shape index (κ1) is 20.9.